The van der Waals surface area contributed by atoms with E-state index in [0.717, 1.165) is 5.56 Å². The number of aromatic nitrogens is 2. The van der Waals surface area contributed by atoms with Crippen molar-refractivity contribution in [2.24, 2.45) is 0 Å². The summed E-state index contributed by atoms with van der Waals surface area (Å²) in [6, 6.07) is 13.6. The highest BCUT2D eigenvalue weighted by Gasteiger charge is 2.34. The van der Waals surface area contributed by atoms with Gasteiger partial charge >= 0.3 is 6.03 Å². The average Bonchev–Trinajstić information content (AvgIpc) is 3.30. The molecule has 0 saturated carbocycles. The highest BCUT2D eigenvalue weighted by Crippen LogP contribution is 2.32. The number of nitrogens with one attached hydrogen (secondary N) is 3. The molecule has 0 radical (unpaired) electrons. The lowest BCUT2D eigenvalue weighted by Crippen LogP contribution is -2.29. The van der Waals surface area contributed by atoms with Crippen LogP contribution in [0, 0.1) is 6.92 Å². The van der Waals surface area contributed by atoms with Crippen LogP contribution in [0.15, 0.2) is 53.4 Å². The van der Waals surface area contributed by atoms with Gasteiger partial charge in [0, 0.05) is 23.7 Å². The van der Waals surface area contributed by atoms with E-state index < -0.39 is 16.1 Å². The average molecular weight is 446 g/mol. The third-order valence-electron chi connectivity index (χ3n) is 4.93. The largest absolute Gasteiger partial charge is 0.334 e. The molecule has 0 saturated heterocycles. The maximum atomic E-state index is 13.0. The van der Waals surface area contributed by atoms with Gasteiger partial charge in [-0.3, -0.25) is 10.4 Å². The van der Waals surface area contributed by atoms with Gasteiger partial charge in [-0.15, -0.1) is 0 Å². The summed E-state index contributed by atoms with van der Waals surface area (Å²) in [7, 11) is -3.66. The van der Waals surface area contributed by atoms with Crippen molar-refractivity contribution in [3.8, 4) is 0 Å². The van der Waals surface area contributed by atoms with E-state index >= 15 is 0 Å². The van der Waals surface area contributed by atoms with Gasteiger partial charge in [0.2, 0.25) is 10.0 Å². The fraction of sp³-hybridized carbons (Fsp3) is 0.200. The number of H-pyrrole nitrogens is 1. The monoisotopic (exact) mass is 445 g/mol. The minimum atomic E-state index is -3.66. The molecule has 1 aromatic heterocycles. The van der Waals surface area contributed by atoms with Crippen molar-refractivity contribution >= 4 is 33.5 Å². The number of carbonyl (C=O) groups excluding carboxylic acids is 1. The molecule has 3 N–H and O–H groups in total. The highest BCUT2D eigenvalue weighted by molar-refractivity contribution is 7.89. The van der Waals surface area contributed by atoms with Crippen molar-refractivity contribution in [1.82, 2.24) is 19.8 Å². The number of aromatic amines is 1. The van der Waals surface area contributed by atoms with Gasteiger partial charge in [-0.25, -0.2) is 13.2 Å². The molecule has 1 aliphatic rings. The first kappa shape index (κ1) is 20.4. The number of sulfonamides is 1. The van der Waals surface area contributed by atoms with Crippen molar-refractivity contribution in [2.45, 2.75) is 31.5 Å². The molecule has 156 valence electrons. The summed E-state index contributed by atoms with van der Waals surface area (Å²) >= 11 is 5.86. The number of fused-ring (bicyclic) bond motifs is 1. The number of rotatable bonds is 5. The molecule has 30 heavy (non-hydrogen) atoms. The Morgan fingerprint density at radius 2 is 1.90 bits per heavy atom. The first-order valence-electron chi connectivity index (χ1n) is 9.26. The van der Waals surface area contributed by atoms with Crippen molar-refractivity contribution in [3.63, 3.8) is 0 Å². The Morgan fingerprint density at radius 1 is 1.17 bits per heavy atom. The smallest absolute Gasteiger partial charge is 0.320 e. The summed E-state index contributed by atoms with van der Waals surface area (Å²) in [5, 5.41) is 13.0. The predicted octanol–water partition coefficient (Wildman–Crippen LogP) is 3.40. The van der Waals surface area contributed by atoms with Crippen LogP contribution in [-0.2, 0) is 29.7 Å². The minimum Gasteiger partial charge on any atom is -0.334 e. The molecular formula is C20H20ClN5O3S. The highest BCUT2D eigenvalue weighted by atomic mass is 35.5. The molecule has 0 bridgehead atoms. The van der Waals surface area contributed by atoms with E-state index in [1.165, 1.54) is 4.31 Å². The topological polar surface area (TPSA) is 107 Å². The second kappa shape index (κ2) is 8.10. The van der Waals surface area contributed by atoms with E-state index in [-0.39, 0.29) is 18.0 Å². The van der Waals surface area contributed by atoms with E-state index in [9.17, 15) is 13.2 Å². The van der Waals surface area contributed by atoms with E-state index in [0.29, 0.717) is 34.2 Å². The summed E-state index contributed by atoms with van der Waals surface area (Å²) in [4.78, 5) is 12.5. The van der Waals surface area contributed by atoms with Gasteiger partial charge in [0.15, 0.2) is 5.82 Å². The number of hydrogen-bond donors (Lipinski definition) is 3. The normalized spacial score (nSPS) is 13.8. The number of urea groups is 1. The number of nitrogens with zero attached hydrogens (tertiary/aromatic N) is 2. The summed E-state index contributed by atoms with van der Waals surface area (Å²) in [5.74, 6) is 0.320. The molecule has 2 aromatic carbocycles. The van der Waals surface area contributed by atoms with E-state index in [1.807, 2.05) is 12.1 Å². The number of anilines is 1. The van der Waals surface area contributed by atoms with Gasteiger partial charge in [-0.1, -0.05) is 41.9 Å². The maximum absolute atomic E-state index is 13.0. The fourth-order valence-electron chi connectivity index (χ4n) is 3.31. The van der Waals surface area contributed by atoms with Crippen LogP contribution in [-0.4, -0.2) is 29.0 Å². The summed E-state index contributed by atoms with van der Waals surface area (Å²) in [5.41, 5.74) is 2.91. The number of aryl methyl sites for hydroxylation is 1. The van der Waals surface area contributed by atoms with E-state index in [2.05, 4.69) is 20.8 Å². The molecule has 0 aliphatic carbocycles. The van der Waals surface area contributed by atoms with Gasteiger partial charge < -0.3 is 5.32 Å². The van der Waals surface area contributed by atoms with Crippen LogP contribution in [0.5, 0.6) is 0 Å². The lowest BCUT2D eigenvalue weighted by Gasteiger charge is -2.17. The van der Waals surface area contributed by atoms with Crippen LogP contribution in [0.1, 0.15) is 22.4 Å². The molecule has 1 aliphatic heterocycles. The van der Waals surface area contributed by atoms with Crippen molar-refractivity contribution in [1.29, 1.82) is 0 Å². The van der Waals surface area contributed by atoms with Crippen LogP contribution < -0.4 is 10.6 Å². The SMILES string of the molecule is Cc1ccccc1S(=O)(=O)N1Cc2[nH]nc(NC(=O)NCc3ccc(Cl)cc3)c2C1. The quantitative estimate of drug-likeness (QED) is 0.559. The molecule has 10 heteroatoms. The van der Waals surface area contributed by atoms with Crippen LogP contribution in [0.2, 0.25) is 5.02 Å². The van der Waals surface area contributed by atoms with Crippen molar-refractivity contribution in [2.75, 3.05) is 5.32 Å². The number of halogens is 1. The summed E-state index contributed by atoms with van der Waals surface area (Å²) in [6.07, 6.45) is 0. The van der Waals surface area contributed by atoms with Gasteiger partial charge in [0.1, 0.15) is 0 Å². The number of amides is 2. The molecule has 0 fully saturated rings. The van der Waals surface area contributed by atoms with Crippen LogP contribution in [0.25, 0.3) is 0 Å². The Bertz CT molecular complexity index is 1190. The first-order chi connectivity index (χ1) is 14.3. The Kier molecular flexibility index (Phi) is 5.50. The standard InChI is InChI=1S/C20H20ClN5O3S/c1-13-4-2-3-5-18(13)30(28,29)26-11-16-17(12-26)24-25-19(16)23-20(27)22-10-14-6-8-15(21)9-7-14/h2-9H,10-12H2,1H3,(H3,22,23,24,25,27). The summed E-state index contributed by atoms with van der Waals surface area (Å²) in [6.45, 7) is 2.40. The molecule has 4 rings (SSSR count). The molecule has 0 spiro atoms. The Hall–Kier alpha value is -2.88. The van der Waals surface area contributed by atoms with E-state index in [1.54, 1.807) is 43.3 Å². The third-order valence-corrected chi connectivity index (χ3v) is 7.14. The Morgan fingerprint density at radius 3 is 2.63 bits per heavy atom. The molecule has 0 unspecified atom stereocenters. The lowest BCUT2D eigenvalue weighted by atomic mass is 10.2. The lowest BCUT2D eigenvalue weighted by molar-refractivity contribution is 0.251. The Balaban J connectivity index is 1.42. The maximum Gasteiger partial charge on any atom is 0.320 e. The molecule has 0 atom stereocenters. The van der Waals surface area contributed by atoms with Gasteiger partial charge in [-0.05, 0) is 36.2 Å². The molecule has 8 nitrogen and oxygen atoms in total. The zero-order valence-electron chi connectivity index (χ0n) is 16.1. The fourth-order valence-corrected chi connectivity index (χ4v) is 5.03. The van der Waals surface area contributed by atoms with Crippen LogP contribution >= 0.6 is 11.6 Å². The molecular weight excluding hydrogens is 426 g/mol. The van der Waals surface area contributed by atoms with E-state index in [4.69, 9.17) is 11.6 Å². The molecule has 3 aromatic rings. The van der Waals surface area contributed by atoms with Gasteiger partial charge in [-0.2, -0.15) is 9.40 Å². The Labute approximate surface area is 179 Å². The zero-order valence-corrected chi connectivity index (χ0v) is 17.7. The predicted molar refractivity (Wildman–Crippen MR) is 114 cm³/mol. The molecule has 2 amide bonds. The number of carbonyl (C=O) groups is 1. The number of benzene rings is 2. The minimum absolute atomic E-state index is 0.134. The van der Waals surface area contributed by atoms with Gasteiger partial charge in [0.05, 0.1) is 17.1 Å². The van der Waals surface area contributed by atoms with Crippen molar-refractivity contribution in [3.05, 3.63) is 75.9 Å². The molecule has 2 heterocycles. The van der Waals surface area contributed by atoms with Crippen molar-refractivity contribution < 1.29 is 13.2 Å². The van der Waals surface area contributed by atoms with Crippen LogP contribution in [0.3, 0.4) is 0 Å². The second-order valence-corrected chi connectivity index (χ2v) is 9.34. The first-order valence-corrected chi connectivity index (χ1v) is 11.1. The van der Waals surface area contributed by atoms with Crippen LogP contribution in [0.4, 0.5) is 10.6 Å². The second-order valence-electron chi connectivity index (χ2n) is 7.00. The van der Waals surface area contributed by atoms with Gasteiger partial charge in [0.25, 0.3) is 0 Å². The third kappa shape index (κ3) is 4.04. The number of hydrogen-bond acceptors (Lipinski definition) is 4. The summed E-state index contributed by atoms with van der Waals surface area (Å²) < 4.78 is 27.4. The zero-order chi connectivity index (χ0) is 21.3.